The van der Waals surface area contributed by atoms with Crippen molar-refractivity contribution in [2.75, 3.05) is 6.54 Å². The summed E-state index contributed by atoms with van der Waals surface area (Å²) in [5, 5.41) is 0. The van der Waals surface area contributed by atoms with E-state index in [0.29, 0.717) is 12.1 Å². The molecular weight excluding hydrogens is 232 g/mol. The molecule has 0 amide bonds. The third kappa shape index (κ3) is 4.96. The summed E-state index contributed by atoms with van der Waals surface area (Å²) in [4.78, 5) is 2.54. The molecule has 0 saturated heterocycles. The molecule has 0 aliphatic rings. The predicted octanol–water partition coefficient (Wildman–Crippen LogP) is 3.98. The van der Waals surface area contributed by atoms with Crippen molar-refractivity contribution in [3.63, 3.8) is 0 Å². The Morgan fingerprint density at radius 2 is 1.68 bits per heavy atom. The molecule has 0 aliphatic carbocycles. The standard InChI is InChI=1S/C17H30N2/c1-5-6-10-13-19(14(2)3)15(4)17(18)16-11-8-7-9-12-16/h7-9,11-12,14-15,17H,5-6,10,13,18H2,1-4H3. The van der Waals surface area contributed by atoms with Crippen LogP contribution in [0.2, 0.25) is 0 Å². The van der Waals surface area contributed by atoms with E-state index in [2.05, 4.69) is 56.9 Å². The zero-order chi connectivity index (χ0) is 14.3. The summed E-state index contributed by atoms with van der Waals surface area (Å²) in [7, 11) is 0. The molecule has 2 atom stereocenters. The Bertz CT molecular complexity index is 334. The van der Waals surface area contributed by atoms with Gasteiger partial charge in [0.15, 0.2) is 0 Å². The molecule has 1 rings (SSSR count). The van der Waals surface area contributed by atoms with Crippen LogP contribution in [0, 0.1) is 0 Å². The predicted molar refractivity (Wildman–Crippen MR) is 84.2 cm³/mol. The molecule has 0 spiro atoms. The minimum absolute atomic E-state index is 0.0882. The highest BCUT2D eigenvalue weighted by Gasteiger charge is 2.23. The molecule has 19 heavy (non-hydrogen) atoms. The Hall–Kier alpha value is -0.860. The number of unbranched alkanes of at least 4 members (excludes halogenated alkanes) is 2. The smallest absolute Gasteiger partial charge is 0.0450 e. The van der Waals surface area contributed by atoms with Gasteiger partial charge in [0.1, 0.15) is 0 Å². The van der Waals surface area contributed by atoms with Crippen LogP contribution in [0.15, 0.2) is 30.3 Å². The van der Waals surface area contributed by atoms with Crippen LogP contribution in [0.1, 0.15) is 58.6 Å². The van der Waals surface area contributed by atoms with Gasteiger partial charge in [0, 0.05) is 18.1 Å². The fourth-order valence-electron chi connectivity index (χ4n) is 2.64. The zero-order valence-electron chi connectivity index (χ0n) is 13.0. The van der Waals surface area contributed by atoms with Gasteiger partial charge >= 0.3 is 0 Å². The lowest BCUT2D eigenvalue weighted by Gasteiger charge is -2.36. The molecule has 0 aromatic heterocycles. The van der Waals surface area contributed by atoms with Crippen LogP contribution >= 0.6 is 0 Å². The number of nitrogens with two attached hydrogens (primary N) is 1. The van der Waals surface area contributed by atoms with Gasteiger partial charge in [-0.2, -0.15) is 0 Å². The third-order valence-electron chi connectivity index (χ3n) is 3.91. The van der Waals surface area contributed by atoms with E-state index in [1.54, 1.807) is 0 Å². The fourth-order valence-corrected chi connectivity index (χ4v) is 2.64. The van der Waals surface area contributed by atoms with Crippen LogP contribution < -0.4 is 5.73 Å². The molecule has 1 aromatic carbocycles. The van der Waals surface area contributed by atoms with Crippen molar-refractivity contribution in [1.29, 1.82) is 0 Å². The Kier molecular flexibility index (Phi) is 7.11. The molecule has 0 bridgehead atoms. The highest BCUT2D eigenvalue weighted by molar-refractivity contribution is 5.20. The molecule has 2 nitrogen and oxygen atoms in total. The SMILES string of the molecule is CCCCCN(C(C)C)C(C)C(N)c1ccccc1. The molecule has 0 aliphatic heterocycles. The Labute approximate surface area is 119 Å². The second-order valence-electron chi connectivity index (χ2n) is 5.72. The topological polar surface area (TPSA) is 29.3 Å². The van der Waals surface area contributed by atoms with Gasteiger partial charge in [0.05, 0.1) is 0 Å². The molecule has 108 valence electrons. The first kappa shape index (κ1) is 16.2. The quantitative estimate of drug-likeness (QED) is 0.718. The van der Waals surface area contributed by atoms with Crippen LogP contribution in [0.25, 0.3) is 0 Å². The lowest BCUT2D eigenvalue weighted by atomic mass is 9.99. The fraction of sp³-hybridized carbons (Fsp3) is 0.647. The lowest BCUT2D eigenvalue weighted by molar-refractivity contribution is 0.140. The van der Waals surface area contributed by atoms with Gasteiger partial charge in [0.25, 0.3) is 0 Å². The van der Waals surface area contributed by atoms with Crippen molar-refractivity contribution >= 4 is 0 Å². The highest BCUT2D eigenvalue weighted by Crippen LogP contribution is 2.20. The van der Waals surface area contributed by atoms with Gasteiger partial charge in [-0.3, -0.25) is 4.90 Å². The van der Waals surface area contributed by atoms with E-state index in [4.69, 9.17) is 5.73 Å². The summed E-state index contributed by atoms with van der Waals surface area (Å²) in [6.07, 6.45) is 3.84. The van der Waals surface area contributed by atoms with Crippen molar-refractivity contribution in [2.24, 2.45) is 5.73 Å². The minimum atomic E-state index is 0.0882. The average Bonchev–Trinajstić information content (AvgIpc) is 2.42. The van der Waals surface area contributed by atoms with Crippen molar-refractivity contribution in [3.8, 4) is 0 Å². The maximum Gasteiger partial charge on any atom is 0.0450 e. The van der Waals surface area contributed by atoms with Crippen molar-refractivity contribution < 1.29 is 0 Å². The monoisotopic (exact) mass is 262 g/mol. The van der Waals surface area contributed by atoms with E-state index in [0.717, 1.165) is 6.54 Å². The largest absolute Gasteiger partial charge is 0.323 e. The van der Waals surface area contributed by atoms with Crippen LogP contribution in [0.4, 0.5) is 0 Å². The summed E-state index contributed by atoms with van der Waals surface area (Å²) in [5.41, 5.74) is 7.67. The van der Waals surface area contributed by atoms with Gasteiger partial charge in [-0.1, -0.05) is 50.1 Å². The lowest BCUT2D eigenvalue weighted by Crippen LogP contribution is -2.45. The van der Waals surface area contributed by atoms with Crippen LogP contribution in [-0.2, 0) is 0 Å². The molecular formula is C17H30N2. The molecule has 0 fully saturated rings. The van der Waals surface area contributed by atoms with E-state index >= 15 is 0 Å². The second-order valence-corrected chi connectivity index (χ2v) is 5.72. The van der Waals surface area contributed by atoms with Crippen LogP contribution in [0.3, 0.4) is 0 Å². The highest BCUT2D eigenvalue weighted by atomic mass is 15.2. The maximum atomic E-state index is 6.44. The Morgan fingerprint density at radius 3 is 2.21 bits per heavy atom. The van der Waals surface area contributed by atoms with Crippen LogP contribution in [-0.4, -0.2) is 23.5 Å². The molecule has 0 saturated carbocycles. The average molecular weight is 262 g/mol. The normalized spacial score (nSPS) is 14.9. The molecule has 0 heterocycles. The Balaban J connectivity index is 2.67. The van der Waals surface area contributed by atoms with E-state index in [-0.39, 0.29) is 6.04 Å². The zero-order valence-corrected chi connectivity index (χ0v) is 13.0. The molecule has 2 N–H and O–H groups in total. The summed E-state index contributed by atoms with van der Waals surface area (Å²) in [6, 6.07) is 11.4. The second kappa shape index (κ2) is 8.34. The minimum Gasteiger partial charge on any atom is -0.323 e. The number of benzene rings is 1. The maximum absolute atomic E-state index is 6.44. The first-order valence-electron chi connectivity index (χ1n) is 7.64. The van der Waals surface area contributed by atoms with E-state index < -0.39 is 0 Å². The molecule has 2 unspecified atom stereocenters. The number of hydrogen-bond acceptors (Lipinski definition) is 2. The molecule has 1 aromatic rings. The molecule has 0 radical (unpaired) electrons. The number of rotatable bonds is 8. The van der Waals surface area contributed by atoms with Gasteiger partial charge < -0.3 is 5.73 Å². The summed E-state index contributed by atoms with van der Waals surface area (Å²) in [6.45, 7) is 10.2. The summed E-state index contributed by atoms with van der Waals surface area (Å²) >= 11 is 0. The van der Waals surface area contributed by atoms with Crippen molar-refractivity contribution in [3.05, 3.63) is 35.9 Å². The van der Waals surface area contributed by atoms with E-state index in [1.807, 2.05) is 6.07 Å². The van der Waals surface area contributed by atoms with Gasteiger partial charge in [-0.15, -0.1) is 0 Å². The van der Waals surface area contributed by atoms with Crippen molar-refractivity contribution in [2.45, 2.75) is 65.1 Å². The van der Waals surface area contributed by atoms with Gasteiger partial charge in [-0.05, 0) is 39.3 Å². The Morgan fingerprint density at radius 1 is 1.05 bits per heavy atom. The van der Waals surface area contributed by atoms with E-state index in [1.165, 1.54) is 24.8 Å². The number of nitrogens with zero attached hydrogens (tertiary/aromatic N) is 1. The van der Waals surface area contributed by atoms with Crippen molar-refractivity contribution in [1.82, 2.24) is 4.90 Å². The summed E-state index contributed by atoms with van der Waals surface area (Å²) in [5.74, 6) is 0. The number of hydrogen-bond donors (Lipinski definition) is 1. The summed E-state index contributed by atoms with van der Waals surface area (Å²) < 4.78 is 0. The first-order chi connectivity index (χ1) is 9.07. The first-order valence-corrected chi connectivity index (χ1v) is 7.64. The van der Waals surface area contributed by atoms with Crippen LogP contribution in [0.5, 0.6) is 0 Å². The third-order valence-corrected chi connectivity index (χ3v) is 3.91. The van der Waals surface area contributed by atoms with E-state index in [9.17, 15) is 0 Å². The van der Waals surface area contributed by atoms with Gasteiger partial charge in [-0.25, -0.2) is 0 Å². The van der Waals surface area contributed by atoms with Gasteiger partial charge in [0.2, 0.25) is 0 Å². The molecule has 2 heteroatoms.